The molecule has 1 aliphatic carbocycles. The molecule has 144 valence electrons. The third kappa shape index (κ3) is 10.1. The monoisotopic (exact) mass is 337 g/mol. The summed E-state index contributed by atoms with van der Waals surface area (Å²) < 4.78 is 0. The predicted molar refractivity (Wildman–Crippen MR) is 110 cm³/mol. The van der Waals surface area contributed by atoms with E-state index >= 15 is 0 Å². The van der Waals surface area contributed by atoms with Gasteiger partial charge in [-0.25, -0.2) is 0 Å². The van der Waals surface area contributed by atoms with Crippen molar-refractivity contribution >= 4 is 0 Å². The van der Waals surface area contributed by atoms with Crippen LogP contribution in [0.1, 0.15) is 105 Å². The van der Waals surface area contributed by atoms with Gasteiger partial charge in [-0.15, -0.1) is 0 Å². The standard InChI is InChI=1S/C23H47N/c1-6-7-10-14-21(4)18-24(5)19-23-17-16-22(23)15-12-9-8-11-13-20(2)3/h20-23H,6-19H2,1-5H3. The molecule has 0 aromatic heterocycles. The smallest absolute Gasteiger partial charge is 0.000937 e. The molecule has 0 radical (unpaired) electrons. The van der Waals surface area contributed by atoms with E-state index in [1.807, 2.05) is 0 Å². The first-order valence-corrected chi connectivity index (χ1v) is 11.2. The highest BCUT2D eigenvalue weighted by Crippen LogP contribution is 2.38. The Morgan fingerprint density at radius 3 is 2.12 bits per heavy atom. The molecular formula is C23H47N. The quantitative estimate of drug-likeness (QED) is 0.287. The topological polar surface area (TPSA) is 3.24 Å². The van der Waals surface area contributed by atoms with Gasteiger partial charge in [-0.05, 0) is 50.0 Å². The highest BCUT2D eigenvalue weighted by molar-refractivity contribution is 4.83. The molecule has 3 unspecified atom stereocenters. The molecule has 0 N–H and O–H groups in total. The van der Waals surface area contributed by atoms with E-state index in [-0.39, 0.29) is 0 Å². The second kappa shape index (κ2) is 13.2. The summed E-state index contributed by atoms with van der Waals surface area (Å²) in [4.78, 5) is 2.63. The summed E-state index contributed by atoms with van der Waals surface area (Å²) in [6.07, 6.45) is 17.4. The lowest BCUT2D eigenvalue weighted by Gasteiger charge is -2.40. The van der Waals surface area contributed by atoms with Crippen molar-refractivity contribution in [2.75, 3.05) is 20.1 Å². The molecular weight excluding hydrogens is 290 g/mol. The Balaban J connectivity index is 2.04. The highest BCUT2D eigenvalue weighted by Gasteiger charge is 2.30. The van der Waals surface area contributed by atoms with E-state index in [4.69, 9.17) is 0 Å². The van der Waals surface area contributed by atoms with Crippen molar-refractivity contribution in [3.8, 4) is 0 Å². The van der Waals surface area contributed by atoms with E-state index in [0.29, 0.717) is 0 Å². The van der Waals surface area contributed by atoms with E-state index in [1.165, 1.54) is 90.1 Å². The van der Waals surface area contributed by atoms with Gasteiger partial charge < -0.3 is 4.90 Å². The summed E-state index contributed by atoms with van der Waals surface area (Å²) in [7, 11) is 2.36. The lowest BCUT2D eigenvalue weighted by atomic mass is 9.71. The minimum Gasteiger partial charge on any atom is -0.306 e. The van der Waals surface area contributed by atoms with Crippen molar-refractivity contribution in [2.24, 2.45) is 23.7 Å². The van der Waals surface area contributed by atoms with E-state index < -0.39 is 0 Å². The van der Waals surface area contributed by atoms with Crippen LogP contribution in [0.4, 0.5) is 0 Å². The summed E-state index contributed by atoms with van der Waals surface area (Å²) in [6.45, 7) is 12.1. The molecule has 24 heavy (non-hydrogen) atoms. The Bertz CT molecular complexity index is 286. The van der Waals surface area contributed by atoms with Crippen LogP contribution >= 0.6 is 0 Å². The fraction of sp³-hybridized carbons (Fsp3) is 1.00. The first-order valence-electron chi connectivity index (χ1n) is 11.2. The van der Waals surface area contributed by atoms with Crippen molar-refractivity contribution in [2.45, 2.75) is 105 Å². The molecule has 0 saturated heterocycles. The summed E-state index contributed by atoms with van der Waals surface area (Å²) in [5.41, 5.74) is 0. The van der Waals surface area contributed by atoms with Crippen molar-refractivity contribution in [1.82, 2.24) is 4.90 Å². The lowest BCUT2D eigenvalue weighted by Crippen LogP contribution is -2.38. The van der Waals surface area contributed by atoms with Gasteiger partial charge in [-0.2, -0.15) is 0 Å². The third-order valence-corrected chi connectivity index (χ3v) is 6.15. The second-order valence-electron chi connectivity index (χ2n) is 9.31. The van der Waals surface area contributed by atoms with E-state index in [9.17, 15) is 0 Å². The van der Waals surface area contributed by atoms with Crippen LogP contribution in [0.3, 0.4) is 0 Å². The molecule has 0 spiro atoms. The van der Waals surface area contributed by atoms with Gasteiger partial charge in [-0.1, -0.05) is 85.5 Å². The van der Waals surface area contributed by atoms with Crippen LogP contribution in [-0.2, 0) is 0 Å². The molecule has 1 heteroatoms. The minimum absolute atomic E-state index is 0.876. The summed E-state index contributed by atoms with van der Waals surface area (Å²) >= 11 is 0. The first-order chi connectivity index (χ1) is 11.5. The number of unbranched alkanes of at least 4 members (excludes halogenated alkanes) is 5. The Hall–Kier alpha value is -0.0400. The summed E-state index contributed by atoms with van der Waals surface area (Å²) in [5.74, 6) is 3.82. The Kier molecular flexibility index (Phi) is 12.1. The maximum Gasteiger partial charge on any atom is 0.000937 e. The first kappa shape index (κ1) is 22.0. The summed E-state index contributed by atoms with van der Waals surface area (Å²) in [5, 5.41) is 0. The van der Waals surface area contributed by atoms with Gasteiger partial charge >= 0.3 is 0 Å². The Morgan fingerprint density at radius 2 is 1.50 bits per heavy atom. The SMILES string of the molecule is CCCCCC(C)CN(C)CC1CCC1CCCCCCC(C)C. The van der Waals surface area contributed by atoms with E-state index in [2.05, 4.69) is 39.6 Å². The van der Waals surface area contributed by atoms with E-state index in [1.54, 1.807) is 0 Å². The normalized spacial score (nSPS) is 22.1. The molecule has 1 rings (SSSR count). The zero-order valence-corrected chi connectivity index (χ0v) is 17.7. The van der Waals surface area contributed by atoms with Gasteiger partial charge in [0.1, 0.15) is 0 Å². The maximum absolute atomic E-state index is 2.63. The van der Waals surface area contributed by atoms with Crippen LogP contribution in [0.15, 0.2) is 0 Å². The van der Waals surface area contributed by atoms with Gasteiger partial charge in [0.15, 0.2) is 0 Å². The van der Waals surface area contributed by atoms with Crippen molar-refractivity contribution in [3.05, 3.63) is 0 Å². The van der Waals surface area contributed by atoms with Gasteiger partial charge in [0.2, 0.25) is 0 Å². The summed E-state index contributed by atoms with van der Waals surface area (Å²) in [6, 6.07) is 0. The zero-order chi connectivity index (χ0) is 17.8. The molecule has 3 atom stereocenters. The van der Waals surface area contributed by atoms with Crippen molar-refractivity contribution in [3.63, 3.8) is 0 Å². The molecule has 0 amide bonds. The second-order valence-corrected chi connectivity index (χ2v) is 9.31. The average molecular weight is 338 g/mol. The van der Waals surface area contributed by atoms with Crippen molar-refractivity contribution < 1.29 is 0 Å². The van der Waals surface area contributed by atoms with Crippen LogP contribution in [0.25, 0.3) is 0 Å². The Morgan fingerprint density at radius 1 is 0.833 bits per heavy atom. The zero-order valence-electron chi connectivity index (χ0n) is 17.7. The molecule has 1 fully saturated rings. The molecule has 0 heterocycles. The van der Waals surface area contributed by atoms with Crippen LogP contribution in [0, 0.1) is 23.7 Å². The van der Waals surface area contributed by atoms with Crippen LogP contribution in [0.5, 0.6) is 0 Å². The van der Waals surface area contributed by atoms with Crippen LogP contribution < -0.4 is 0 Å². The number of hydrogen-bond acceptors (Lipinski definition) is 1. The fourth-order valence-corrected chi connectivity index (χ4v) is 4.41. The number of rotatable bonds is 15. The molecule has 0 aromatic rings. The molecule has 0 aliphatic heterocycles. The van der Waals surface area contributed by atoms with E-state index in [0.717, 1.165) is 23.7 Å². The maximum atomic E-state index is 2.63. The average Bonchev–Trinajstić information content (AvgIpc) is 2.50. The predicted octanol–water partition coefficient (Wildman–Crippen LogP) is 7.16. The highest BCUT2D eigenvalue weighted by atomic mass is 15.1. The van der Waals surface area contributed by atoms with Gasteiger partial charge in [0.25, 0.3) is 0 Å². The molecule has 1 nitrogen and oxygen atoms in total. The Labute approximate surface area is 154 Å². The molecule has 1 aliphatic rings. The fourth-order valence-electron chi connectivity index (χ4n) is 4.41. The number of nitrogens with zero attached hydrogens (tertiary/aromatic N) is 1. The van der Waals surface area contributed by atoms with Crippen molar-refractivity contribution in [1.29, 1.82) is 0 Å². The van der Waals surface area contributed by atoms with Crippen LogP contribution in [-0.4, -0.2) is 25.0 Å². The molecule has 1 saturated carbocycles. The molecule has 0 bridgehead atoms. The van der Waals surface area contributed by atoms with Gasteiger partial charge in [-0.3, -0.25) is 0 Å². The largest absolute Gasteiger partial charge is 0.306 e. The van der Waals surface area contributed by atoms with Gasteiger partial charge in [0, 0.05) is 13.1 Å². The van der Waals surface area contributed by atoms with Crippen LogP contribution in [0.2, 0.25) is 0 Å². The molecule has 0 aromatic carbocycles. The van der Waals surface area contributed by atoms with Gasteiger partial charge in [0.05, 0.1) is 0 Å². The number of hydrogen-bond donors (Lipinski definition) is 0. The third-order valence-electron chi connectivity index (χ3n) is 6.15. The lowest BCUT2D eigenvalue weighted by molar-refractivity contribution is 0.105. The minimum atomic E-state index is 0.876.